The van der Waals surface area contributed by atoms with Crippen LogP contribution in [0.4, 0.5) is 0 Å². The minimum Gasteiger partial charge on any atom is -0.396 e. The molecule has 0 aromatic rings. The van der Waals surface area contributed by atoms with E-state index >= 15 is 0 Å². The van der Waals surface area contributed by atoms with E-state index in [2.05, 4.69) is 29.5 Å². The fraction of sp³-hybridized carbons (Fsp3) is 0.933. The largest absolute Gasteiger partial charge is 0.396 e. The molecule has 0 aliphatic heterocycles. The Balaban J connectivity index is 2.13. The van der Waals surface area contributed by atoms with E-state index in [4.69, 9.17) is 4.74 Å². The van der Waals surface area contributed by atoms with Gasteiger partial charge in [0, 0.05) is 31.7 Å². The van der Waals surface area contributed by atoms with Gasteiger partial charge in [-0.2, -0.15) is 0 Å². The fourth-order valence-corrected chi connectivity index (χ4v) is 1.86. The van der Waals surface area contributed by atoms with Crippen LogP contribution in [0, 0.1) is 5.41 Å². The van der Waals surface area contributed by atoms with Crippen molar-refractivity contribution < 1.29 is 9.84 Å². The van der Waals surface area contributed by atoms with Gasteiger partial charge in [0.2, 0.25) is 0 Å². The fourth-order valence-electron chi connectivity index (χ4n) is 1.86. The Kier molecular flexibility index (Phi) is 8.62. The van der Waals surface area contributed by atoms with Gasteiger partial charge < -0.3 is 20.5 Å². The molecule has 1 aliphatic carbocycles. The summed E-state index contributed by atoms with van der Waals surface area (Å²) in [6.07, 6.45) is 5.50. The molecule has 0 unspecified atom stereocenters. The molecule has 118 valence electrons. The second-order valence-corrected chi connectivity index (χ2v) is 5.60. The second-order valence-electron chi connectivity index (χ2n) is 5.60. The third-order valence-corrected chi connectivity index (χ3v) is 3.61. The summed E-state index contributed by atoms with van der Waals surface area (Å²) in [7, 11) is 0. The van der Waals surface area contributed by atoms with Crippen LogP contribution in [-0.4, -0.2) is 50.5 Å². The van der Waals surface area contributed by atoms with Gasteiger partial charge in [-0.25, -0.2) is 0 Å². The van der Waals surface area contributed by atoms with Gasteiger partial charge in [-0.1, -0.05) is 13.3 Å². The molecule has 20 heavy (non-hydrogen) atoms. The number of ether oxygens (including phenoxy) is 1. The number of nitrogens with one attached hydrogen (secondary N) is 2. The van der Waals surface area contributed by atoms with Crippen LogP contribution in [0.25, 0.3) is 0 Å². The van der Waals surface area contributed by atoms with E-state index in [9.17, 15) is 5.11 Å². The standard InChI is InChI=1S/C15H31N3O2/c1-3-5-10-20-11-6-9-17-14(16-4-2)18-12-15(13-19)7-8-15/h19H,3-13H2,1-2H3,(H2,16,17,18). The maximum Gasteiger partial charge on any atom is 0.191 e. The van der Waals surface area contributed by atoms with Crippen LogP contribution in [0.15, 0.2) is 4.99 Å². The van der Waals surface area contributed by atoms with Crippen LogP contribution in [-0.2, 0) is 4.74 Å². The lowest BCUT2D eigenvalue weighted by Gasteiger charge is -2.13. The molecule has 0 aromatic heterocycles. The first-order valence-electron chi connectivity index (χ1n) is 7.97. The lowest BCUT2D eigenvalue weighted by Crippen LogP contribution is -2.38. The lowest BCUT2D eigenvalue weighted by molar-refractivity contribution is 0.129. The number of aliphatic hydroxyl groups excluding tert-OH is 1. The van der Waals surface area contributed by atoms with Crippen LogP contribution in [0.2, 0.25) is 0 Å². The van der Waals surface area contributed by atoms with Gasteiger partial charge in [-0.3, -0.25) is 4.99 Å². The van der Waals surface area contributed by atoms with Gasteiger partial charge in [-0.05, 0) is 32.6 Å². The second kappa shape index (κ2) is 10.00. The Labute approximate surface area is 123 Å². The molecule has 0 radical (unpaired) electrons. The van der Waals surface area contributed by atoms with Gasteiger partial charge in [-0.15, -0.1) is 0 Å². The number of hydrogen-bond donors (Lipinski definition) is 3. The van der Waals surface area contributed by atoms with Gasteiger partial charge in [0.05, 0.1) is 13.2 Å². The summed E-state index contributed by atoms with van der Waals surface area (Å²) in [5.41, 5.74) is 0.0750. The number of guanidine groups is 1. The minimum atomic E-state index is 0.0750. The molecule has 1 fully saturated rings. The van der Waals surface area contributed by atoms with Crippen molar-refractivity contribution in [2.75, 3.05) is 39.5 Å². The van der Waals surface area contributed by atoms with Crippen molar-refractivity contribution in [2.24, 2.45) is 10.4 Å². The SMILES string of the molecule is CCCCOCCCNC(=NCC1(CO)CC1)NCC. The van der Waals surface area contributed by atoms with Crippen LogP contribution >= 0.6 is 0 Å². The lowest BCUT2D eigenvalue weighted by atomic mass is 10.1. The average Bonchev–Trinajstić information content (AvgIpc) is 3.24. The Hall–Kier alpha value is -0.810. The number of aliphatic imine (C=N–C) groups is 1. The van der Waals surface area contributed by atoms with Crippen molar-refractivity contribution in [1.82, 2.24) is 10.6 Å². The van der Waals surface area contributed by atoms with E-state index in [-0.39, 0.29) is 12.0 Å². The van der Waals surface area contributed by atoms with E-state index in [1.807, 2.05) is 0 Å². The predicted molar refractivity (Wildman–Crippen MR) is 83.1 cm³/mol. The highest BCUT2D eigenvalue weighted by Gasteiger charge is 2.41. The Morgan fingerprint density at radius 2 is 1.95 bits per heavy atom. The predicted octanol–water partition coefficient (Wildman–Crippen LogP) is 1.52. The summed E-state index contributed by atoms with van der Waals surface area (Å²) in [6.45, 7) is 8.58. The summed E-state index contributed by atoms with van der Waals surface area (Å²) >= 11 is 0. The van der Waals surface area contributed by atoms with E-state index < -0.39 is 0 Å². The molecule has 0 aromatic carbocycles. The van der Waals surface area contributed by atoms with Gasteiger partial charge in [0.1, 0.15) is 0 Å². The first kappa shape index (κ1) is 17.2. The molecule has 0 spiro atoms. The number of hydrogen-bond acceptors (Lipinski definition) is 3. The molecule has 0 bridgehead atoms. The van der Waals surface area contributed by atoms with E-state index in [1.54, 1.807) is 0 Å². The third-order valence-electron chi connectivity index (χ3n) is 3.61. The molecule has 3 N–H and O–H groups in total. The molecule has 5 nitrogen and oxygen atoms in total. The van der Waals surface area contributed by atoms with Crippen molar-refractivity contribution in [3.8, 4) is 0 Å². The van der Waals surface area contributed by atoms with Crippen molar-refractivity contribution >= 4 is 5.96 Å². The topological polar surface area (TPSA) is 65.9 Å². The molecule has 1 saturated carbocycles. The molecule has 0 amide bonds. The summed E-state index contributed by atoms with van der Waals surface area (Å²) < 4.78 is 5.52. The molecular weight excluding hydrogens is 254 g/mol. The first-order valence-corrected chi connectivity index (χ1v) is 7.97. The summed E-state index contributed by atoms with van der Waals surface area (Å²) in [4.78, 5) is 4.56. The number of aliphatic hydroxyl groups is 1. The maximum absolute atomic E-state index is 9.29. The van der Waals surface area contributed by atoms with Gasteiger partial charge >= 0.3 is 0 Å². The molecule has 0 atom stereocenters. The smallest absolute Gasteiger partial charge is 0.191 e. The summed E-state index contributed by atoms with van der Waals surface area (Å²) in [5, 5.41) is 15.8. The van der Waals surface area contributed by atoms with Crippen LogP contribution in [0.1, 0.15) is 46.0 Å². The first-order chi connectivity index (χ1) is 9.76. The zero-order valence-electron chi connectivity index (χ0n) is 13.1. The van der Waals surface area contributed by atoms with E-state index in [0.717, 1.165) is 57.9 Å². The van der Waals surface area contributed by atoms with Crippen LogP contribution in [0.3, 0.4) is 0 Å². The highest BCUT2D eigenvalue weighted by atomic mass is 16.5. The Morgan fingerprint density at radius 1 is 1.20 bits per heavy atom. The molecular formula is C15H31N3O2. The van der Waals surface area contributed by atoms with Crippen LogP contribution < -0.4 is 10.6 Å². The quantitative estimate of drug-likeness (QED) is 0.306. The minimum absolute atomic E-state index is 0.0750. The Morgan fingerprint density at radius 3 is 2.55 bits per heavy atom. The summed E-state index contributed by atoms with van der Waals surface area (Å²) in [5.74, 6) is 0.848. The third kappa shape index (κ3) is 7.10. The molecule has 5 heteroatoms. The average molecular weight is 285 g/mol. The van der Waals surface area contributed by atoms with Crippen molar-refractivity contribution in [2.45, 2.75) is 46.0 Å². The normalized spacial score (nSPS) is 17.1. The molecule has 0 saturated heterocycles. The zero-order chi connectivity index (χ0) is 14.7. The monoisotopic (exact) mass is 285 g/mol. The van der Waals surface area contributed by atoms with Crippen molar-refractivity contribution in [3.05, 3.63) is 0 Å². The van der Waals surface area contributed by atoms with Crippen molar-refractivity contribution in [3.63, 3.8) is 0 Å². The van der Waals surface area contributed by atoms with E-state index in [0.29, 0.717) is 6.54 Å². The molecule has 1 rings (SSSR count). The van der Waals surface area contributed by atoms with Crippen molar-refractivity contribution in [1.29, 1.82) is 0 Å². The van der Waals surface area contributed by atoms with Gasteiger partial charge in [0.15, 0.2) is 5.96 Å². The van der Waals surface area contributed by atoms with Gasteiger partial charge in [0.25, 0.3) is 0 Å². The number of nitrogens with zero attached hydrogens (tertiary/aromatic N) is 1. The van der Waals surface area contributed by atoms with E-state index in [1.165, 1.54) is 6.42 Å². The molecule has 1 aliphatic rings. The van der Waals surface area contributed by atoms with Crippen LogP contribution in [0.5, 0.6) is 0 Å². The number of rotatable bonds is 11. The maximum atomic E-state index is 9.29. The zero-order valence-corrected chi connectivity index (χ0v) is 13.1. The molecule has 0 heterocycles. The number of unbranched alkanes of at least 4 members (excludes halogenated alkanes) is 1. The Bertz CT molecular complexity index is 278. The summed E-state index contributed by atoms with van der Waals surface area (Å²) in [6, 6.07) is 0. The highest BCUT2D eigenvalue weighted by Crippen LogP contribution is 2.45. The highest BCUT2D eigenvalue weighted by molar-refractivity contribution is 5.79.